The number of ether oxygens (including phenoxy) is 1. The van der Waals surface area contributed by atoms with Crippen LogP contribution in [0.5, 0.6) is 11.6 Å². The van der Waals surface area contributed by atoms with Crippen molar-refractivity contribution < 1.29 is 24.3 Å². The van der Waals surface area contributed by atoms with Gasteiger partial charge in [0, 0.05) is 30.0 Å². The number of aliphatic hydroxyl groups is 1. The van der Waals surface area contributed by atoms with E-state index in [1.165, 1.54) is 6.07 Å². The first-order valence-corrected chi connectivity index (χ1v) is 9.72. The summed E-state index contributed by atoms with van der Waals surface area (Å²) in [6.07, 6.45) is 0.558. The van der Waals surface area contributed by atoms with Crippen molar-refractivity contribution >= 4 is 28.3 Å². The number of benzene rings is 2. The fourth-order valence-electron chi connectivity index (χ4n) is 3.23. The molecular weight excluding hydrogens is 408 g/mol. The molecule has 0 aliphatic heterocycles. The van der Waals surface area contributed by atoms with E-state index in [1.807, 2.05) is 24.3 Å². The highest BCUT2D eigenvalue weighted by Gasteiger charge is 2.24. The van der Waals surface area contributed by atoms with Gasteiger partial charge < -0.3 is 24.5 Å². The van der Waals surface area contributed by atoms with Gasteiger partial charge in [0.05, 0.1) is 28.4 Å². The Kier molecular flexibility index (Phi) is 5.48. The number of rotatable bonds is 7. The van der Waals surface area contributed by atoms with Gasteiger partial charge in [-0.25, -0.2) is 0 Å². The normalized spacial score (nSPS) is 11.2. The fourth-order valence-corrected chi connectivity index (χ4v) is 3.50. The van der Waals surface area contributed by atoms with Crippen LogP contribution < -0.4 is 4.74 Å². The zero-order valence-corrected chi connectivity index (χ0v) is 16.9. The number of nitrogens with one attached hydrogen (secondary N) is 1. The number of carbonyl (C=O) groups excluding carboxylic acids is 1. The van der Waals surface area contributed by atoms with E-state index in [2.05, 4.69) is 10.1 Å². The predicted octanol–water partition coefficient (Wildman–Crippen LogP) is 4.48. The van der Waals surface area contributed by atoms with Crippen LogP contribution in [0, 0.1) is 6.92 Å². The summed E-state index contributed by atoms with van der Waals surface area (Å²) in [5, 5.41) is 23.9. The molecule has 3 N–H and O–H groups in total. The van der Waals surface area contributed by atoms with Crippen molar-refractivity contribution in [3.05, 3.63) is 64.5 Å². The summed E-state index contributed by atoms with van der Waals surface area (Å²) in [6, 6.07) is 12.3. The van der Waals surface area contributed by atoms with Gasteiger partial charge in [0.25, 0.3) is 0 Å². The van der Waals surface area contributed by atoms with Crippen molar-refractivity contribution in [3.63, 3.8) is 0 Å². The Labute approximate surface area is 176 Å². The van der Waals surface area contributed by atoms with Gasteiger partial charge in [-0.1, -0.05) is 28.9 Å². The van der Waals surface area contributed by atoms with Crippen molar-refractivity contribution in [2.45, 2.75) is 13.3 Å². The lowest BCUT2D eigenvalue weighted by Gasteiger charge is -2.09. The van der Waals surface area contributed by atoms with E-state index in [4.69, 9.17) is 26.0 Å². The van der Waals surface area contributed by atoms with Crippen molar-refractivity contribution in [2.24, 2.45) is 0 Å². The van der Waals surface area contributed by atoms with Crippen molar-refractivity contribution in [1.82, 2.24) is 10.1 Å². The number of carbonyl (C=O) groups is 1. The summed E-state index contributed by atoms with van der Waals surface area (Å²) in [5.41, 5.74) is 2.73. The van der Waals surface area contributed by atoms with E-state index in [1.54, 1.807) is 19.1 Å². The minimum atomic E-state index is -0.472. The maximum atomic E-state index is 12.9. The molecule has 0 spiro atoms. The largest absolute Gasteiger partial charge is 0.494 e. The molecule has 0 fully saturated rings. The van der Waals surface area contributed by atoms with E-state index in [0.717, 1.165) is 5.56 Å². The number of H-pyrrole nitrogens is 1. The quantitative estimate of drug-likeness (QED) is 0.297. The van der Waals surface area contributed by atoms with E-state index >= 15 is 0 Å². The second-order valence-corrected chi connectivity index (χ2v) is 7.25. The Morgan fingerprint density at radius 3 is 2.67 bits per heavy atom. The van der Waals surface area contributed by atoms with Gasteiger partial charge >= 0.3 is 0 Å². The summed E-state index contributed by atoms with van der Waals surface area (Å²) < 4.78 is 10.6. The molecule has 0 saturated carbocycles. The highest BCUT2D eigenvalue weighted by Crippen LogP contribution is 2.37. The third kappa shape index (κ3) is 3.77. The standard InChI is InChI=1S/C22H19ClN2O5/c1-12-9-19(30-25-12)21(27)20-16-10-15(17(23)11-18(16)24-22(20)28)13-3-5-14(6-4-13)29-8-2-7-26/h3-6,9-11,24,26,28H,2,7-8H2,1H3. The number of aliphatic hydroxyl groups excluding tert-OH is 1. The second-order valence-electron chi connectivity index (χ2n) is 6.84. The lowest BCUT2D eigenvalue weighted by molar-refractivity contribution is 0.0999. The molecule has 2 aromatic heterocycles. The van der Waals surface area contributed by atoms with Gasteiger partial charge in [-0.15, -0.1) is 0 Å². The van der Waals surface area contributed by atoms with E-state index in [-0.39, 0.29) is 23.8 Å². The van der Waals surface area contributed by atoms with E-state index < -0.39 is 5.78 Å². The van der Waals surface area contributed by atoms with Crippen LogP contribution in [0.2, 0.25) is 5.02 Å². The first-order valence-electron chi connectivity index (χ1n) is 9.34. The molecule has 0 bridgehead atoms. The Morgan fingerprint density at radius 2 is 2.00 bits per heavy atom. The number of hydrogen-bond donors (Lipinski definition) is 3. The first-order chi connectivity index (χ1) is 14.5. The zero-order valence-electron chi connectivity index (χ0n) is 16.1. The van der Waals surface area contributed by atoms with Gasteiger partial charge in [0.2, 0.25) is 17.4 Å². The number of aryl methyl sites for hydroxylation is 1. The van der Waals surface area contributed by atoms with Gasteiger partial charge in [-0.3, -0.25) is 4.79 Å². The molecule has 8 heteroatoms. The Bertz CT molecular complexity index is 1210. The van der Waals surface area contributed by atoms with Gasteiger partial charge in [-0.05, 0) is 36.8 Å². The summed E-state index contributed by atoms with van der Waals surface area (Å²) in [5.74, 6) is -0.00465. The molecular formula is C22H19ClN2O5. The van der Waals surface area contributed by atoms with Crippen LogP contribution in [0.4, 0.5) is 0 Å². The van der Waals surface area contributed by atoms with E-state index in [0.29, 0.717) is 46.0 Å². The average molecular weight is 427 g/mol. The topological polar surface area (TPSA) is 109 Å². The Hall–Kier alpha value is -3.29. The summed E-state index contributed by atoms with van der Waals surface area (Å²) >= 11 is 6.47. The van der Waals surface area contributed by atoms with Crippen LogP contribution in [0.25, 0.3) is 22.0 Å². The lowest BCUT2D eigenvalue weighted by Crippen LogP contribution is -1.99. The maximum Gasteiger partial charge on any atom is 0.237 e. The zero-order chi connectivity index (χ0) is 21.3. The van der Waals surface area contributed by atoms with Crippen molar-refractivity contribution in [2.75, 3.05) is 13.2 Å². The minimum absolute atomic E-state index is 0.0459. The molecule has 2 heterocycles. The fraction of sp³-hybridized carbons (Fsp3) is 0.182. The Balaban J connectivity index is 1.73. The molecule has 0 unspecified atom stereocenters. The molecule has 0 saturated heterocycles. The third-order valence-electron chi connectivity index (χ3n) is 4.68. The number of nitrogens with zero attached hydrogens (tertiary/aromatic N) is 1. The number of aromatic nitrogens is 2. The summed E-state index contributed by atoms with van der Waals surface area (Å²) in [7, 11) is 0. The van der Waals surface area contributed by atoms with Crippen LogP contribution in [-0.4, -0.2) is 39.4 Å². The number of hydrogen-bond acceptors (Lipinski definition) is 6. The van der Waals surface area contributed by atoms with Gasteiger partial charge in [0.15, 0.2) is 0 Å². The Morgan fingerprint density at radius 1 is 1.23 bits per heavy atom. The molecule has 7 nitrogen and oxygen atoms in total. The van der Waals surface area contributed by atoms with Crippen LogP contribution in [-0.2, 0) is 0 Å². The molecule has 2 aromatic carbocycles. The summed E-state index contributed by atoms with van der Waals surface area (Å²) in [4.78, 5) is 15.7. The monoisotopic (exact) mass is 426 g/mol. The number of aromatic amines is 1. The minimum Gasteiger partial charge on any atom is -0.494 e. The van der Waals surface area contributed by atoms with Crippen LogP contribution in [0.1, 0.15) is 28.2 Å². The molecule has 0 atom stereocenters. The first kappa shape index (κ1) is 20.0. The molecule has 0 amide bonds. The number of aromatic hydroxyl groups is 1. The third-order valence-corrected chi connectivity index (χ3v) is 4.99. The van der Waals surface area contributed by atoms with Crippen LogP contribution in [0.3, 0.4) is 0 Å². The lowest BCUT2D eigenvalue weighted by atomic mass is 10.0. The van der Waals surface area contributed by atoms with Crippen LogP contribution in [0.15, 0.2) is 47.0 Å². The predicted molar refractivity (Wildman–Crippen MR) is 112 cm³/mol. The summed E-state index contributed by atoms with van der Waals surface area (Å²) in [6.45, 7) is 2.22. The molecule has 0 radical (unpaired) electrons. The molecule has 154 valence electrons. The molecule has 0 aliphatic carbocycles. The SMILES string of the molecule is Cc1cc(C(=O)c2c(O)[nH]c3cc(Cl)c(-c4ccc(OCCCO)cc4)cc23)on1. The molecule has 4 rings (SSSR count). The maximum absolute atomic E-state index is 12.9. The average Bonchev–Trinajstić information content (AvgIpc) is 3.30. The van der Waals surface area contributed by atoms with Crippen molar-refractivity contribution in [3.8, 4) is 22.8 Å². The smallest absolute Gasteiger partial charge is 0.237 e. The van der Waals surface area contributed by atoms with Gasteiger partial charge in [-0.2, -0.15) is 0 Å². The molecule has 0 aliphatic rings. The second kappa shape index (κ2) is 8.22. The van der Waals surface area contributed by atoms with E-state index in [9.17, 15) is 9.90 Å². The van der Waals surface area contributed by atoms with Crippen LogP contribution >= 0.6 is 11.6 Å². The highest BCUT2D eigenvalue weighted by atomic mass is 35.5. The molecule has 4 aromatic rings. The highest BCUT2D eigenvalue weighted by molar-refractivity contribution is 6.34. The molecule has 30 heavy (non-hydrogen) atoms. The number of halogens is 1. The number of fused-ring (bicyclic) bond motifs is 1. The number of ketones is 1. The van der Waals surface area contributed by atoms with Gasteiger partial charge in [0.1, 0.15) is 5.75 Å². The van der Waals surface area contributed by atoms with Crippen molar-refractivity contribution in [1.29, 1.82) is 0 Å².